The van der Waals surface area contributed by atoms with E-state index >= 15 is 0 Å². The predicted molar refractivity (Wildman–Crippen MR) is 102 cm³/mol. The smallest absolute Gasteiger partial charge is 0.413 e. The number of methoxy groups -OCH3 is 1. The summed E-state index contributed by atoms with van der Waals surface area (Å²) < 4.78 is 9.81. The third-order valence-electron chi connectivity index (χ3n) is 3.58. The fraction of sp³-hybridized carbons (Fsp3) is 0.150. The van der Waals surface area contributed by atoms with E-state index < -0.39 is 6.09 Å². The average Bonchev–Trinajstić information content (AvgIpc) is 2.71. The Kier molecular flexibility index (Phi) is 6.97. The van der Waals surface area contributed by atoms with E-state index in [0.717, 1.165) is 5.56 Å². The molecule has 0 aliphatic heterocycles. The molecule has 0 saturated heterocycles. The van der Waals surface area contributed by atoms with Gasteiger partial charge in [0.05, 0.1) is 7.11 Å². The van der Waals surface area contributed by atoms with E-state index in [1.54, 1.807) is 61.7 Å². The van der Waals surface area contributed by atoms with Gasteiger partial charge in [-0.3, -0.25) is 9.69 Å². The molecule has 0 heterocycles. The van der Waals surface area contributed by atoms with E-state index in [1.165, 1.54) is 18.1 Å². The summed E-state index contributed by atoms with van der Waals surface area (Å²) in [5.74, 6) is 0.309. The van der Waals surface area contributed by atoms with Crippen LogP contribution in [0.2, 0.25) is 0 Å². The van der Waals surface area contributed by atoms with Crippen molar-refractivity contribution in [1.29, 1.82) is 5.26 Å². The van der Waals surface area contributed by atoms with Crippen LogP contribution in [0.4, 0.5) is 16.2 Å². The maximum Gasteiger partial charge on any atom is 0.413 e. The molecule has 0 spiro atoms. The van der Waals surface area contributed by atoms with Gasteiger partial charge in [0.25, 0.3) is 0 Å². The summed E-state index contributed by atoms with van der Waals surface area (Å²) in [5.41, 5.74) is 2.07. The molecule has 1 N–H and O–H groups in total. The van der Waals surface area contributed by atoms with Crippen LogP contribution < -0.4 is 15.0 Å². The third kappa shape index (κ3) is 5.90. The first-order valence-electron chi connectivity index (χ1n) is 8.04. The molecule has 0 fully saturated rings. The molecule has 0 saturated carbocycles. The van der Waals surface area contributed by atoms with Crippen molar-refractivity contribution < 1.29 is 19.1 Å². The van der Waals surface area contributed by atoms with Crippen molar-refractivity contribution in [2.45, 2.75) is 0 Å². The number of carbonyl (C=O) groups excluding carboxylic acids is 2. The lowest BCUT2D eigenvalue weighted by molar-refractivity contribution is -0.111. The summed E-state index contributed by atoms with van der Waals surface area (Å²) in [5, 5.41) is 11.2. The number of amides is 2. The molecular formula is C20H19N3O4. The van der Waals surface area contributed by atoms with E-state index in [1.807, 2.05) is 6.07 Å². The van der Waals surface area contributed by atoms with E-state index in [4.69, 9.17) is 10.00 Å². The van der Waals surface area contributed by atoms with Crippen LogP contribution >= 0.6 is 0 Å². The molecule has 2 aromatic carbocycles. The quantitative estimate of drug-likeness (QED) is 0.792. The zero-order chi connectivity index (χ0) is 19.6. The summed E-state index contributed by atoms with van der Waals surface area (Å²) in [6, 6.07) is 15.7. The van der Waals surface area contributed by atoms with Gasteiger partial charge in [-0.15, -0.1) is 0 Å². The van der Waals surface area contributed by atoms with E-state index in [-0.39, 0.29) is 12.5 Å². The number of benzene rings is 2. The van der Waals surface area contributed by atoms with Gasteiger partial charge in [0.15, 0.2) is 6.61 Å². The van der Waals surface area contributed by atoms with Crippen molar-refractivity contribution in [2.75, 3.05) is 31.0 Å². The van der Waals surface area contributed by atoms with Gasteiger partial charge in [-0.25, -0.2) is 4.79 Å². The maximum atomic E-state index is 12.0. The van der Waals surface area contributed by atoms with Crippen LogP contribution in [0.15, 0.2) is 54.6 Å². The number of ether oxygens (including phenoxy) is 2. The molecule has 0 aliphatic carbocycles. The van der Waals surface area contributed by atoms with Gasteiger partial charge in [-0.1, -0.05) is 12.1 Å². The van der Waals surface area contributed by atoms with Crippen molar-refractivity contribution in [1.82, 2.24) is 0 Å². The van der Waals surface area contributed by atoms with Crippen LogP contribution in [0, 0.1) is 11.3 Å². The molecule has 2 rings (SSSR count). The van der Waals surface area contributed by atoms with E-state index in [9.17, 15) is 9.59 Å². The third-order valence-corrected chi connectivity index (χ3v) is 3.58. The van der Waals surface area contributed by atoms with Crippen molar-refractivity contribution in [3.8, 4) is 11.8 Å². The van der Waals surface area contributed by atoms with Gasteiger partial charge >= 0.3 is 6.09 Å². The molecular weight excluding hydrogens is 346 g/mol. The molecule has 7 heteroatoms. The van der Waals surface area contributed by atoms with Gasteiger partial charge < -0.3 is 14.8 Å². The van der Waals surface area contributed by atoms with Crippen LogP contribution in [0.5, 0.6) is 5.75 Å². The Hall–Kier alpha value is -3.79. The standard InChI is InChI=1S/C20H19N3O4/c1-23(20(25)26-2)17-8-6-16(7-9-17)22-19(24)12-5-15-3-10-18(11-4-15)27-14-13-21/h3-12H,14H2,1-2H3,(H,22,24)/b12-5+. The summed E-state index contributed by atoms with van der Waals surface area (Å²) in [6.45, 7) is -0.00813. The SMILES string of the molecule is COC(=O)N(C)c1ccc(NC(=O)/C=C/c2ccc(OCC#N)cc2)cc1. The minimum Gasteiger partial charge on any atom is -0.479 e. The second-order valence-electron chi connectivity index (χ2n) is 5.41. The second-order valence-corrected chi connectivity index (χ2v) is 5.41. The van der Waals surface area contributed by atoms with Crippen molar-refractivity contribution in [2.24, 2.45) is 0 Å². The highest BCUT2D eigenvalue weighted by molar-refractivity contribution is 6.02. The van der Waals surface area contributed by atoms with Crippen LogP contribution in [-0.4, -0.2) is 32.8 Å². The minimum atomic E-state index is -0.473. The highest BCUT2D eigenvalue weighted by Gasteiger charge is 2.10. The van der Waals surface area contributed by atoms with Crippen molar-refractivity contribution in [3.05, 3.63) is 60.2 Å². The summed E-state index contributed by atoms with van der Waals surface area (Å²) in [4.78, 5) is 24.9. The van der Waals surface area contributed by atoms with Crippen LogP contribution in [0.3, 0.4) is 0 Å². The fourth-order valence-corrected chi connectivity index (χ4v) is 2.16. The van der Waals surface area contributed by atoms with Gasteiger partial charge in [0, 0.05) is 24.5 Å². The monoisotopic (exact) mass is 365 g/mol. The fourth-order valence-electron chi connectivity index (χ4n) is 2.16. The largest absolute Gasteiger partial charge is 0.479 e. The molecule has 27 heavy (non-hydrogen) atoms. The zero-order valence-electron chi connectivity index (χ0n) is 15.0. The second kappa shape index (κ2) is 9.63. The molecule has 0 unspecified atom stereocenters. The summed E-state index contributed by atoms with van der Waals surface area (Å²) >= 11 is 0. The maximum absolute atomic E-state index is 12.0. The molecule has 138 valence electrons. The Labute approximate surface area is 157 Å². The van der Waals surface area contributed by atoms with Crippen molar-refractivity contribution >= 4 is 29.5 Å². The first-order valence-corrected chi connectivity index (χ1v) is 8.04. The number of nitrogens with one attached hydrogen (secondary N) is 1. The first-order chi connectivity index (χ1) is 13.0. The summed E-state index contributed by atoms with van der Waals surface area (Å²) in [7, 11) is 2.91. The molecule has 2 amide bonds. The van der Waals surface area contributed by atoms with Gasteiger partial charge in [0.2, 0.25) is 5.91 Å². The predicted octanol–water partition coefficient (Wildman–Crippen LogP) is 3.44. The van der Waals surface area contributed by atoms with Crippen LogP contribution in [0.1, 0.15) is 5.56 Å². The number of carbonyl (C=O) groups is 2. The molecule has 0 radical (unpaired) electrons. The van der Waals surface area contributed by atoms with Gasteiger partial charge in [-0.05, 0) is 48.0 Å². The lowest BCUT2D eigenvalue weighted by Gasteiger charge is -2.15. The number of nitrogens with zero attached hydrogens (tertiary/aromatic N) is 2. The Morgan fingerprint density at radius 1 is 1.15 bits per heavy atom. The molecule has 0 bridgehead atoms. The molecule has 0 aromatic heterocycles. The molecule has 2 aromatic rings. The Bertz CT molecular complexity index is 852. The molecule has 0 aliphatic rings. The summed E-state index contributed by atoms with van der Waals surface area (Å²) in [6.07, 6.45) is 2.61. The Morgan fingerprint density at radius 3 is 2.41 bits per heavy atom. The van der Waals surface area contributed by atoms with Gasteiger partial charge in [-0.2, -0.15) is 5.26 Å². The number of hydrogen-bond acceptors (Lipinski definition) is 5. The minimum absolute atomic E-state index is 0.00813. The lowest BCUT2D eigenvalue weighted by atomic mass is 10.2. The zero-order valence-corrected chi connectivity index (χ0v) is 15.0. The van der Waals surface area contributed by atoms with Crippen LogP contribution in [-0.2, 0) is 9.53 Å². The topological polar surface area (TPSA) is 91.7 Å². The lowest BCUT2D eigenvalue weighted by Crippen LogP contribution is -2.25. The number of nitriles is 1. The number of anilines is 2. The number of hydrogen-bond donors (Lipinski definition) is 1. The first kappa shape index (κ1) is 19.5. The average molecular weight is 365 g/mol. The normalized spacial score (nSPS) is 10.1. The highest BCUT2D eigenvalue weighted by Crippen LogP contribution is 2.18. The Morgan fingerprint density at radius 2 is 1.81 bits per heavy atom. The van der Waals surface area contributed by atoms with Crippen LogP contribution in [0.25, 0.3) is 6.08 Å². The molecule has 0 atom stereocenters. The van der Waals surface area contributed by atoms with Gasteiger partial charge in [0.1, 0.15) is 11.8 Å². The molecule has 7 nitrogen and oxygen atoms in total. The Balaban J connectivity index is 1.92. The van der Waals surface area contributed by atoms with Crippen molar-refractivity contribution in [3.63, 3.8) is 0 Å². The van der Waals surface area contributed by atoms with E-state index in [2.05, 4.69) is 10.1 Å². The highest BCUT2D eigenvalue weighted by atomic mass is 16.5. The van der Waals surface area contributed by atoms with E-state index in [0.29, 0.717) is 17.1 Å². The number of rotatable bonds is 6.